The van der Waals surface area contributed by atoms with Gasteiger partial charge < -0.3 is 9.67 Å². The lowest BCUT2D eigenvalue weighted by Gasteiger charge is -2.14. The average molecular weight is 533 g/mol. The third-order valence-electron chi connectivity index (χ3n) is 5.14. The predicted molar refractivity (Wildman–Crippen MR) is 128 cm³/mol. The molecule has 3 aromatic carbocycles. The van der Waals surface area contributed by atoms with Gasteiger partial charge in [0.25, 0.3) is 5.91 Å². The third-order valence-corrected chi connectivity index (χ3v) is 5.98. The summed E-state index contributed by atoms with van der Waals surface area (Å²) in [7, 11) is 0. The Labute approximate surface area is 203 Å². The fourth-order valence-electron chi connectivity index (χ4n) is 3.55. The summed E-state index contributed by atoms with van der Waals surface area (Å²) in [4.78, 5) is 22.2. The number of carbonyl (C=O) groups excluding carboxylic acids is 1. The number of hydrogen-bond acceptors (Lipinski definition) is 4. The molecule has 170 valence electrons. The van der Waals surface area contributed by atoms with Gasteiger partial charge in [0.15, 0.2) is 5.82 Å². The van der Waals surface area contributed by atoms with E-state index in [2.05, 4.69) is 26.4 Å². The Morgan fingerprint density at radius 2 is 2.00 bits per heavy atom. The molecule has 1 heterocycles. The lowest BCUT2D eigenvalue weighted by molar-refractivity contribution is 0.0167. The largest absolute Gasteiger partial charge is 0.394 e. The van der Waals surface area contributed by atoms with Crippen molar-refractivity contribution in [3.63, 3.8) is 0 Å². The maximum absolute atomic E-state index is 15.7. The van der Waals surface area contributed by atoms with Crippen LogP contribution < -0.4 is 5.48 Å². The number of nitrogens with zero attached hydrogens (tertiary/aromatic N) is 2. The van der Waals surface area contributed by atoms with E-state index in [1.54, 1.807) is 35.2 Å². The summed E-state index contributed by atoms with van der Waals surface area (Å²) in [5, 5.41) is 9.37. The van der Waals surface area contributed by atoms with Crippen molar-refractivity contribution in [1.29, 1.82) is 0 Å². The zero-order chi connectivity index (χ0) is 23.4. The second-order valence-corrected chi connectivity index (χ2v) is 8.68. The number of carbonyl (C=O) groups is 1. The molecule has 6 nitrogen and oxygen atoms in total. The van der Waals surface area contributed by atoms with Crippen molar-refractivity contribution in [3.8, 4) is 0 Å². The number of fused-ring (bicyclic) bond motifs is 1. The molecule has 0 aliphatic carbocycles. The molecular formula is C24H20BrClFN3O3. The fraction of sp³-hybridized carbons (Fsp3) is 0.167. The van der Waals surface area contributed by atoms with E-state index in [0.29, 0.717) is 22.6 Å². The van der Waals surface area contributed by atoms with Gasteiger partial charge in [-0.05, 0) is 29.3 Å². The van der Waals surface area contributed by atoms with Gasteiger partial charge in [0, 0.05) is 28.0 Å². The number of hydroxylamine groups is 1. The van der Waals surface area contributed by atoms with Gasteiger partial charge in [-0.1, -0.05) is 63.9 Å². The molecule has 0 saturated heterocycles. The van der Waals surface area contributed by atoms with Crippen LogP contribution in [0.2, 0.25) is 5.02 Å². The van der Waals surface area contributed by atoms with Crippen LogP contribution in [0.3, 0.4) is 0 Å². The van der Waals surface area contributed by atoms with E-state index in [0.717, 1.165) is 10.0 Å². The first-order chi connectivity index (χ1) is 16.0. The second-order valence-electron chi connectivity index (χ2n) is 7.36. The number of amides is 1. The van der Waals surface area contributed by atoms with Gasteiger partial charge in [0.05, 0.1) is 30.6 Å². The van der Waals surface area contributed by atoms with Gasteiger partial charge >= 0.3 is 0 Å². The topological polar surface area (TPSA) is 76.4 Å². The van der Waals surface area contributed by atoms with Crippen LogP contribution in [0.4, 0.5) is 4.39 Å². The van der Waals surface area contributed by atoms with Gasteiger partial charge in [0.1, 0.15) is 5.52 Å². The summed E-state index contributed by atoms with van der Waals surface area (Å²) >= 11 is 9.71. The summed E-state index contributed by atoms with van der Waals surface area (Å²) in [6, 6.07) is 16.6. The molecule has 1 aromatic heterocycles. The molecule has 0 radical (unpaired) electrons. The van der Waals surface area contributed by atoms with E-state index in [4.69, 9.17) is 21.5 Å². The smallest absolute Gasteiger partial charge is 0.275 e. The highest BCUT2D eigenvalue weighted by Crippen LogP contribution is 2.30. The Morgan fingerprint density at radius 3 is 2.73 bits per heavy atom. The van der Waals surface area contributed by atoms with Crippen LogP contribution in [0, 0.1) is 5.82 Å². The van der Waals surface area contributed by atoms with Crippen molar-refractivity contribution in [2.24, 2.45) is 0 Å². The van der Waals surface area contributed by atoms with Crippen LogP contribution in [0.1, 0.15) is 27.0 Å². The van der Waals surface area contributed by atoms with Crippen LogP contribution >= 0.6 is 27.5 Å². The molecule has 0 aliphatic rings. The number of halogens is 3. The number of aromatic nitrogens is 2. The molecule has 0 fully saturated rings. The van der Waals surface area contributed by atoms with Crippen LogP contribution in [0.15, 0.2) is 65.4 Å². The van der Waals surface area contributed by atoms with Crippen LogP contribution in [-0.4, -0.2) is 33.8 Å². The number of hydrogen-bond donors (Lipinski definition) is 2. The molecule has 4 aromatic rings. The molecule has 0 aliphatic heterocycles. The first-order valence-corrected chi connectivity index (χ1v) is 11.3. The molecule has 9 heteroatoms. The van der Waals surface area contributed by atoms with Gasteiger partial charge in [-0.3, -0.25) is 9.63 Å². The lowest BCUT2D eigenvalue weighted by Crippen LogP contribution is -2.26. The summed E-state index contributed by atoms with van der Waals surface area (Å²) in [5.74, 6) is -1.22. The van der Waals surface area contributed by atoms with Crippen molar-refractivity contribution in [2.75, 3.05) is 13.2 Å². The van der Waals surface area contributed by atoms with Gasteiger partial charge in [-0.25, -0.2) is 14.9 Å². The molecule has 0 bridgehead atoms. The Kier molecular flexibility index (Phi) is 7.39. The average Bonchev–Trinajstić information content (AvgIpc) is 3.20. The van der Waals surface area contributed by atoms with Crippen LogP contribution in [-0.2, 0) is 17.8 Å². The fourth-order valence-corrected chi connectivity index (χ4v) is 4.29. The molecule has 0 spiro atoms. The molecule has 0 unspecified atom stereocenters. The Balaban J connectivity index is 1.79. The highest BCUT2D eigenvalue weighted by molar-refractivity contribution is 9.10. The zero-order valence-corrected chi connectivity index (χ0v) is 19.7. The number of nitrogens with one attached hydrogen (secondary N) is 1. The Hall–Kier alpha value is -2.78. The van der Waals surface area contributed by atoms with E-state index in [1.165, 1.54) is 0 Å². The molecule has 0 saturated carbocycles. The summed E-state index contributed by atoms with van der Waals surface area (Å²) in [5.41, 5.74) is 4.85. The molecule has 33 heavy (non-hydrogen) atoms. The highest BCUT2D eigenvalue weighted by atomic mass is 79.9. The Bertz CT molecular complexity index is 1300. The minimum atomic E-state index is -0.625. The van der Waals surface area contributed by atoms with Crippen molar-refractivity contribution < 1.29 is 19.1 Å². The minimum absolute atomic E-state index is 0.0855. The number of benzene rings is 3. The van der Waals surface area contributed by atoms with Gasteiger partial charge in [0.2, 0.25) is 0 Å². The first kappa shape index (κ1) is 23.4. The molecular weight excluding hydrogens is 513 g/mol. The third kappa shape index (κ3) is 5.25. The van der Waals surface area contributed by atoms with Gasteiger partial charge in [-0.15, -0.1) is 0 Å². The normalized spacial score (nSPS) is 11.2. The minimum Gasteiger partial charge on any atom is -0.394 e. The van der Waals surface area contributed by atoms with Gasteiger partial charge in [-0.2, -0.15) is 0 Å². The maximum atomic E-state index is 15.7. The van der Waals surface area contributed by atoms with Crippen molar-refractivity contribution in [1.82, 2.24) is 15.0 Å². The highest BCUT2D eigenvalue weighted by Gasteiger charge is 2.23. The van der Waals surface area contributed by atoms with E-state index < -0.39 is 11.7 Å². The van der Waals surface area contributed by atoms with Crippen molar-refractivity contribution >= 4 is 44.5 Å². The van der Waals surface area contributed by atoms with Crippen molar-refractivity contribution in [3.05, 3.63) is 98.5 Å². The quantitative estimate of drug-likeness (QED) is 0.250. The van der Waals surface area contributed by atoms with Crippen LogP contribution in [0.5, 0.6) is 0 Å². The standard InChI is InChI=1S/C24H20BrClFN3O3/c25-17-7-6-16(20(26)11-17)10-18-19(24(32)29-33-9-8-31)12-21-23(22(18)27)28-14-30(21)13-15-4-2-1-3-5-15/h1-7,11-12,14,31H,8-10,13H2,(H,29,32). The number of rotatable bonds is 8. The maximum Gasteiger partial charge on any atom is 0.275 e. The first-order valence-electron chi connectivity index (χ1n) is 10.1. The molecule has 4 rings (SSSR count). The predicted octanol–water partition coefficient (Wildman–Crippen LogP) is 4.88. The molecule has 2 N–H and O–H groups in total. The number of imidazole rings is 1. The molecule has 0 atom stereocenters. The number of aliphatic hydroxyl groups excluding tert-OH is 1. The van der Waals surface area contributed by atoms with Crippen LogP contribution in [0.25, 0.3) is 11.0 Å². The summed E-state index contributed by atoms with van der Waals surface area (Å²) in [6.07, 6.45) is 1.64. The summed E-state index contributed by atoms with van der Waals surface area (Å²) < 4.78 is 18.3. The van der Waals surface area contributed by atoms with E-state index in [1.807, 2.05) is 30.3 Å². The summed E-state index contributed by atoms with van der Waals surface area (Å²) in [6.45, 7) is 0.117. The monoisotopic (exact) mass is 531 g/mol. The number of aliphatic hydroxyl groups is 1. The lowest BCUT2D eigenvalue weighted by atomic mass is 9.97. The van der Waals surface area contributed by atoms with E-state index in [-0.39, 0.29) is 36.3 Å². The molecule has 1 amide bonds. The Morgan fingerprint density at radius 1 is 1.21 bits per heavy atom. The second kappa shape index (κ2) is 10.4. The van der Waals surface area contributed by atoms with E-state index in [9.17, 15) is 4.79 Å². The SMILES string of the molecule is O=C(NOCCO)c1cc2c(ncn2Cc2ccccc2)c(F)c1Cc1ccc(Br)cc1Cl. The van der Waals surface area contributed by atoms with Crippen molar-refractivity contribution in [2.45, 2.75) is 13.0 Å². The van der Waals surface area contributed by atoms with E-state index >= 15 is 4.39 Å². The zero-order valence-electron chi connectivity index (χ0n) is 17.4.